The SMILES string of the molecule is Cc1cc(OC(C)C)ccc1NC(C)c1sccc1Br. The van der Waals surface area contributed by atoms with E-state index >= 15 is 0 Å². The van der Waals surface area contributed by atoms with Gasteiger partial charge in [0.05, 0.1) is 12.1 Å². The monoisotopic (exact) mass is 353 g/mol. The lowest BCUT2D eigenvalue weighted by atomic mass is 10.1. The molecule has 4 heteroatoms. The average molecular weight is 354 g/mol. The van der Waals surface area contributed by atoms with Gasteiger partial charge in [-0.1, -0.05) is 0 Å². The topological polar surface area (TPSA) is 21.3 Å². The van der Waals surface area contributed by atoms with Crippen LogP contribution in [0.1, 0.15) is 37.3 Å². The van der Waals surface area contributed by atoms with Gasteiger partial charge in [-0.05, 0) is 78.8 Å². The van der Waals surface area contributed by atoms with Crippen LogP contribution in [-0.4, -0.2) is 6.10 Å². The number of thiophene rings is 1. The molecular weight excluding hydrogens is 334 g/mol. The molecule has 1 unspecified atom stereocenters. The average Bonchev–Trinajstić information content (AvgIpc) is 2.78. The number of rotatable bonds is 5. The van der Waals surface area contributed by atoms with Crippen LogP contribution in [0, 0.1) is 6.92 Å². The summed E-state index contributed by atoms with van der Waals surface area (Å²) in [6.07, 6.45) is 0.203. The van der Waals surface area contributed by atoms with E-state index in [2.05, 4.69) is 58.7 Å². The van der Waals surface area contributed by atoms with Crippen molar-refractivity contribution in [3.8, 4) is 5.75 Å². The summed E-state index contributed by atoms with van der Waals surface area (Å²) in [5, 5.41) is 5.66. The summed E-state index contributed by atoms with van der Waals surface area (Å²) < 4.78 is 6.88. The molecule has 2 rings (SSSR count). The van der Waals surface area contributed by atoms with Gasteiger partial charge >= 0.3 is 0 Å². The Labute approximate surface area is 133 Å². The highest BCUT2D eigenvalue weighted by Gasteiger charge is 2.12. The molecule has 0 bridgehead atoms. The van der Waals surface area contributed by atoms with E-state index in [0.717, 1.165) is 11.4 Å². The summed E-state index contributed by atoms with van der Waals surface area (Å²) in [7, 11) is 0. The highest BCUT2D eigenvalue weighted by Crippen LogP contribution is 2.32. The minimum absolute atomic E-state index is 0.203. The second-order valence-corrected chi connectivity index (χ2v) is 6.94. The van der Waals surface area contributed by atoms with Crippen LogP contribution in [0.4, 0.5) is 5.69 Å². The quantitative estimate of drug-likeness (QED) is 0.735. The predicted octanol–water partition coefficient (Wildman–Crippen LogP) is 5.78. The Bertz CT molecular complexity index is 580. The molecule has 0 amide bonds. The normalized spacial score (nSPS) is 12.5. The Morgan fingerprint density at radius 2 is 1.95 bits per heavy atom. The number of ether oxygens (including phenoxy) is 1. The first-order chi connectivity index (χ1) is 9.47. The molecular formula is C16H20BrNOS. The molecule has 1 aromatic heterocycles. The van der Waals surface area contributed by atoms with E-state index in [1.54, 1.807) is 11.3 Å². The first kappa shape index (κ1) is 15.4. The van der Waals surface area contributed by atoms with Gasteiger partial charge in [0, 0.05) is 15.0 Å². The molecule has 2 aromatic rings. The third-order valence-corrected chi connectivity index (χ3v) is 5.03. The van der Waals surface area contributed by atoms with Crippen LogP contribution in [0.5, 0.6) is 5.75 Å². The van der Waals surface area contributed by atoms with Gasteiger partial charge in [0.2, 0.25) is 0 Å². The van der Waals surface area contributed by atoms with Crippen molar-refractivity contribution in [1.82, 2.24) is 0 Å². The van der Waals surface area contributed by atoms with E-state index < -0.39 is 0 Å². The fourth-order valence-corrected chi connectivity index (χ4v) is 3.78. The van der Waals surface area contributed by atoms with E-state index in [0.29, 0.717) is 0 Å². The van der Waals surface area contributed by atoms with E-state index in [9.17, 15) is 0 Å². The predicted molar refractivity (Wildman–Crippen MR) is 91.0 cm³/mol. The van der Waals surface area contributed by atoms with Crippen LogP contribution < -0.4 is 10.1 Å². The van der Waals surface area contributed by atoms with Crippen LogP contribution in [0.25, 0.3) is 0 Å². The molecule has 1 N–H and O–H groups in total. The van der Waals surface area contributed by atoms with Crippen molar-refractivity contribution in [1.29, 1.82) is 0 Å². The summed E-state index contributed by atoms with van der Waals surface area (Å²) in [6, 6.07) is 8.56. The standard InChI is InChI=1S/C16H20BrNOS/c1-10(2)19-13-5-6-15(11(3)9-13)18-12(4)16-14(17)7-8-20-16/h5-10,12,18H,1-4H3. The van der Waals surface area contributed by atoms with E-state index in [-0.39, 0.29) is 12.1 Å². The van der Waals surface area contributed by atoms with Crippen LogP contribution in [0.15, 0.2) is 34.1 Å². The Morgan fingerprint density at radius 3 is 2.50 bits per heavy atom. The number of nitrogens with one attached hydrogen (secondary N) is 1. The highest BCUT2D eigenvalue weighted by molar-refractivity contribution is 9.10. The summed E-state index contributed by atoms with van der Waals surface area (Å²) >= 11 is 5.35. The molecule has 0 radical (unpaired) electrons. The van der Waals surface area contributed by atoms with Crippen molar-refractivity contribution in [2.75, 3.05) is 5.32 Å². The summed E-state index contributed by atoms with van der Waals surface area (Å²) in [4.78, 5) is 1.31. The van der Waals surface area contributed by atoms with Crippen molar-refractivity contribution < 1.29 is 4.74 Å². The fourth-order valence-electron chi connectivity index (χ4n) is 2.06. The minimum atomic E-state index is 0.203. The molecule has 108 valence electrons. The van der Waals surface area contributed by atoms with Crippen LogP contribution >= 0.6 is 27.3 Å². The smallest absolute Gasteiger partial charge is 0.120 e. The van der Waals surface area contributed by atoms with Crippen molar-refractivity contribution in [2.24, 2.45) is 0 Å². The number of benzene rings is 1. The molecule has 2 nitrogen and oxygen atoms in total. The molecule has 0 aliphatic carbocycles. The number of aryl methyl sites for hydroxylation is 1. The third kappa shape index (κ3) is 3.76. The van der Waals surface area contributed by atoms with Crippen molar-refractivity contribution >= 4 is 33.0 Å². The van der Waals surface area contributed by atoms with Crippen molar-refractivity contribution in [3.63, 3.8) is 0 Å². The van der Waals surface area contributed by atoms with Gasteiger partial charge in [-0.25, -0.2) is 0 Å². The second-order valence-electron chi connectivity index (χ2n) is 5.14. The number of anilines is 1. The molecule has 0 aliphatic rings. The Kier molecular flexibility index (Phi) is 5.11. The summed E-state index contributed by atoms with van der Waals surface area (Å²) in [5.41, 5.74) is 2.34. The minimum Gasteiger partial charge on any atom is -0.491 e. The van der Waals surface area contributed by atoms with Gasteiger partial charge in [-0.15, -0.1) is 11.3 Å². The Balaban J connectivity index is 2.12. The zero-order chi connectivity index (χ0) is 14.7. The number of halogens is 1. The first-order valence-corrected chi connectivity index (χ1v) is 8.41. The Morgan fingerprint density at radius 1 is 1.20 bits per heavy atom. The van der Waals surface area contributed by atoms with Gasteiger partial charge in [0.1, 0.15) is 5.75 Å². The number of hydrogen-bond acceptors (Lipinski definition) is 3. The summed E-state index contributed by atoms with van der Waals surface area (Å²) in [6.45, 7) is 8.36. The molecule has 0 spiro atoms. The molecule has 1 atom stereocenters. The van der Waals surface area contributed by atoms with E-state index in [1.807, 2.05) is 19.9 Å². The highest BCUT2D eigenvalue weighted by atomic mass is 79.9. The Hall–Kier alpha value is -1.00. The fraction of sp³-hybridized carbons (Fsp3) is 0.375. The van der Waals surface area contributed by atoms with Crippen LogP contribution in [-0.2, 0) is 0 Å². The van der Waals surface area contributed by atoms with Crippen LogP contribution in [0.3, 0.4) is 0 Å². The largest absolute Gasteiger partial charge is 0.491 e. The van der Waals surface area contributed by atoms with Gasteiger partial charge in [-0.3, -0.25) is 0 Å². The maximum Gasteiger partial charge on any atom is 0.120 e. The number of hydrogen-bond donors (Lipinski definition) is 1. The van der Waals surface area contributed by atoms with Crippen molar-refractivity contribution in [2.45, 2.75) is 39.8 Å². The lowest BCUT2D eigenvalue weighted by Gasteiger charge is -2.18. The molecule has 1 heterocycles. The van der Waals surface area contributed by atoms with E-state index in [4.69, 9.17) is 4.74 Å². The molecule has 0 saturated heterocycles. The lowest BCUT2D eigenvalue weighted by molar-refractivity contribution is 0.242. The molecule has 0 aliphatic heterocycles. The molecule has 0 saturated carbocycles. The van der Waals surface area contributed by atoms with Crippen LogP contribution in [0.2, 0.25) is 0 Å². The zero-order valence-corrected chi connectivity index (χ0v) is 14.6. The van der Waals surface area contributed by atoms with Crippen molar-refractivity contribution in [3.05, 3.63) is 44.6 Å². The van der Waals surface area contributed by atoms with Gasteiger partial charge in [0.15, 0.2) is 0 Å². The third-order valence-electron chi connectivity index (χ3n) is 2.98. The first-order valence-electron chi connectivity index (χ1n) is 6.74. The lowest BCUT2D eigenvalue weighted by Crippen LogP contribution is -2.08. The maximum atomic E-state index is 5.71. The summed E-state index contributed by atoms with van der Waals surface area (Å²) in [5.74, 6) is 0.924. The van der Waals surface area contributed by atoms with Gasteiger partial charge in [-0.2, -0.15) is 0 Å². The molecule has 0 fully saturated rings. The molecule has 1 aromatic carbocycles. The van der Waals surface area contributed by atoms with Gasteiger partial charge < -0.3 is 10.1 Å². The van der Waals surface area contributed by atoms with Gasteiger partial charge in [0.25, 0.3) is 0 Å². The maximum absolute atomic E-state index is 5.71. The van der Waals surface area contributed by atoms with E-state index in [1.165, 1.54) is 14.9 Å². The zero-order valence-electron chi connectivity index (χ0n) is 12.2. The second kappa shape index (κ2) is 6.64. The molecule has 20 heavy (non-hydrogen) atoms.